The molecule has 0 aliphatic heterocycles. The number of anilines is 1. The summed E-state index contributed by atoms with van der Waals surface area (Å²) in [6.07, 6.45) is 0. The number of nitrogens with zero attached hydrogens (tertiary/aromatic N) is 1. The Balaban J connectivity index is 1.65. The predicted molar refractivity (Wildman–Crippen MR) is 90.9 cm³/mol. The highest BCUT2D eigenvalue weighted by Crippen LogP contribution is 2.19. The summed E-state index contributed by atoms with van der Waals surface area (Å²) in [6.45, 7) is -0.0782. The van der Waals surface area contributed by atoms with E-state index in [1.807, 2.05) is 24.3 Å². The van der Waals surface area contributed by atoms with E-state index in [2.05, 4.69) is 15.5 Å². The Morgan fingerprint density at radius 2 is 1.88 bits per heavy atom. The van der Waals surface area contributed by atoms with Crippen LogP contribution in [0.4, 0.5) is 5.69 Å². The fraction of sp³-hybridized carbons (Fsp3) is 0.0556. The Labute approximate surface area is 138 Å². The molecule has 6 heteroatoms. The van der Waals surface area contributed by atoms with Gasteiger partial charge in [-0.3, -0.25) is 9.59 Å². The van der Waals surface area contributed by atoms with Crippen LogP contribution in [-0.2, 0) is 4.79 Å². The Bertz CT molecular complexity index is 871. The van der Waals surface area contributed by atoms with E-state index in [1.165, 1.54) is 6.07 Å². The summed E-state index contributed by atoms with van der Waals surface area (Å²) >= 11 is 0. The maximum atomic E-state index is 12.0. The van der Waals surface area contributed by atoms with Crippen molar-refractivity contribution in [1.82, 2.24) is 10.2 Å². The lowest BCUT2D eigenvalue weighted by molar-refractivity contribution is -0.118. The summed E-state index contributed by atoms with van der Waals surface area (Å²) in [7, 11) is 0. The second-order valence-electron chi connectivity index (χ2n) is 5.04. The van der Waals surface area contributed by atoms with Crippen LogP contribution in [0, 0.1) is 0 Å². The van der Waals surface area contributed by atoms with Gasteiger partial charge in [0.15, 0.2) is 6.61 Å². The van der Waals surface area contributed by atoms with E-state index < -0.39 is 0 Å². The lowest BCUT2D eigenvalue weighted by atomic mass is 10.1. The molecule has 0 unspecified atom stereocenters. The van der Waals surface area contributed by atoms with Crippen LogP contribution in [-0.4, -0.2) is 22.7 Å². The van der Waals surface area contributed by atoms with Crippen molar-refractivity contribution >= 4 is 11.6 Å². The number of ether oxygens (including phenoxy) is 1. The number of para-hydroxylation sites is 1. The lowest BCUT2D eigenvalue weighted by Gasteiger charge is -2.08. The fourth-order valence-electron chi connectivity index (χ4n) is 2.12. The average molecular weight is 321 g/mol. The number of carbonyl (C=O) groups excluding carboxylic acids is 1. The second-order valence-corrected chi connectivity index (χ2v) is 5.04. The van der Waals surface area contributed by atoms with Crippen molar-refractivity contribution in [2.45, 2.75) is 0 Å². The topological polar surface area (TPSA) is 84.1 Å². The number of aromatic nitrogens is 2. The molecule has 2 N–H and O–H groups in total. The molecule has 24 heavy (non-hydrogen) atoms. The smallest absolute Gasteiger partial charge is 0.264 e. The van der Waals surface area contributed by atoms with Crippen LogP contribution >= 0.6 is 0 Å². The van der Waals surface area contributed by atoms with Crippen LogP contribution in [0.5, 0.6) is 5.75 Å². The highest BCUT2D eigenvalue weighted by molar-refractivity contribution is 5.92. The van der Waals surface area contributed by atoms with E-state index in [-0.39, 0.29) is 18.1 Å². The molecule has 1 heterocycles. The first-order chi connectivity index (χ1) is 11.7. The maximum absolute atomic E-state index is 12.0. The predicted octanol–water partition coefficient (Wildman–Crippen LogP) is 2.45. The third kappa shape index (κ3) is 4.07. The molecule has 0 radical (unpaired) electrons. The molecule has 0 saturated heterocycles. The Morgan fingerprint density at radius 1 is 1.04 bits per heavy atom. The van der Waals surface area contributed by atoms with Gasteiger partial charge in [-0.15, -0.1) is 0 Å². The monoisotopic (exact) mass is 321 g/mol. The van der Waals surface area contributed by atoms with Gasteiger partial charge in [0.05, 0.1) is 5.69 Å². The molecule has 0 fully saturated rings. The van der Waals surface area contributed by atoms with Gasteiger partial charge >= 0.3 is 0 Å². The van der Waals surface area contributed by atoms with Crippen LogP contribution < -0.4 is 15.6 Å². The minimum absolute atomic E-state index is 0.0782. The largest absolute Gasteiger partial charge is 0.484 e. The average Bonchev–Trinajstić information content (AvgIpc) is 2.62. The van der Waals surface area contributed by atoms with E-state index in [4.69, 9.17) is 4.74 Å². The summed E-state index contributed by atoms with van der Waals surface area (Å²) in [5.74, 6) is 0.379. The van der Waals surface area contributed by atoms with Crippen molar-refractivity contribution in [3.8, 4) is 17.0 Å². The van der Waals surface area contributed by atoms with Gasteiger partial charge in [0.1, 0.15) is 5.75 Å². The van der Waals surface area contributed by atoms with Crippen LogP contribution in [0.15, 0.2) is 71.5 Å². The lowest BCUT2D eigenvalue weighted by Crippen LogP contribution is -2.20. The molecule has 0 aliphatic rings. The highest BCUT2D eigenvalue weighted by Gasteiger charge is 2.06. The van der Waals surface area contributed by atoms with Gasteiger partial charge in [-0.05, 0) is 30.3 Å². The highest BCUT2D eigenvalue weighted by atomic mass is 16.5. The molecular formula is C18H15N3O3. The number of benzene rings is 2. The molecule has 3 rings (SSSR count). The first-order valence-corrected chi connectivity index (χ1v) is 7.34. The van der Waals surface area contributed by atoms with Gasteiger partial charge in [0.2, 0.25) is 0 Å². The number of rotatable bonds is 5. The number of aromatic amines is 1. The number of hydrogen-bond acceptors (Lipinski definition) is 4. The third-order valence-electron chi connectivity index (χ3n) is 3.23. The van der Waals surface area contributed by atoms with Gasteiger partial charge < -0.3 is 10.1 Å². The van der Waals surface area contributed by atoms with Gasteiger partial charge in [-0.25, -0.2) is 5.10 Å². The molecule has 0 atom stereocenters. The Hall–Kier alpha value is -3.41. The van der Waals surface area contributed by atoms with E-state index in [0.717, 1.165) is 5.56 Å². The quantitative estimate of drug-likeness (QED) is 0.756. The molecule has 0 aliphatic carbocycles. The molecule has 120 valence electrons. The number of hydrogen-bond donors (Lipinski definition) is 2. The zero-order valence-corrected chi connectivity index (χ0v) is 12.7. The summed E-state index contributed by atoms with van der Waals surface area (Å²) in [4.78, 5) is 23.0. The molecule has 3 aromatic rings. The molecule has 2 aromatic carbocycles. The first-order valence-electron chi connectivity index (χ1n) is 7.34. The molecule has 0 saturated carbocycles. The van der Waals surface area contributed by atoms with E-state index in [9.17, 15) is 9.59 Å². The number of carbonyl (C=O) groups is 1. The number of amides is 1. The SMILES string of the molecule is O=C(COc1ccccc1)Nc1cccc(-c2ccc(=O)[nH]n2)c1. The van der Waals surface area contributed by atoms with E-state index >= 15 is 0 Å². The van der Waals surface area contributed by atoms with Crippen molar-refractivity contribution in [3.05, 3.63) is 77.1 Å². The summed E-state index contributed by atoms with van der Waals surface area (Å²) in [5.41, 5.74) is 1.77. The second kappa shape index (κ2) is 7.23. The van der Waals surface area contributed by atoms with Crippen molar-refractivity contribution in [3.63, 3.8) is 0 Å². The van der Waals surface area contributed by atoms with Gasteiger partial charge in [-0.1, -0.05) is 30.3 Å². The zero-order valence-electron chi connectivity index (χ0n) is 12.7. The summed E-state index contributed by atoms with van der Waals surface area (Å²) < 4.78 is 5.40. The molecule has 6 nitrogen and oxygen atoms in total. The van der Waals surface area contributed by atoms with Crippen molar-refractivity contribution in [1.29, 1.82) is 0 Å². The normalized spacial score (nSPS) is 10.2. The number of H-pyrrole nitrogens is 1. The first kappa shape index (κ1) is 15.5. The Kier molecular flexibility index (Phi) is 4.67. The number of nitrogens with one attached hydrogen (secondary N) is 2. The van der Waals surface area contributed by atoms with Crippen LogP contribution in [0.3, 0.4) is 0 Å². The standard InChI is InChI=1S/C18H15N3O3/c22-17-10-9-16(20-21-17)13-5-4-6-14(11-13)19-18(23)12-24-15-7-2-1-3-8-15/h1-11H,12H2,(H,19,23)(H,21,22). The van der Waals surface area contributed by atoms with Crippen molar-refractivity contribution < 1.29 is 9.53 Å². The third-order valence-corrected chi connectivity index (χ3v) is 3.23. The summed E-state index contributed by atoms with van der Waals surface area (Å²) in [6, 6.07) is 19.4. The van der Waals surface area contributed by atoms with Crippen LogP contribution in [0.25, 0.3) is 11.3 Å². The molecule has 0 bridgehead atoms. The van der Waals surface area contributed by atoms with Gasteiger partial charge in [-0.2, -0.15) is 5.10 Å². The maximum Gasteiger partial charge on any atom is 0.264 e. The fourth-order valence-corrected chi connectivity index (χ4v) is 2.12. The van der Waals surface area contributed by atoms with E-state index in [0.29, 0.717) is 17.1 Å². The van der Waals surface area contributed by atoms with Gasteiger partial charge in [0, 0.05) is 17.3 Å². The zero-order chi connectivity index (χ0) is 16.8. The summed E-state index contributed by atoms with van der Waals surface area (Å²) in [5, 5.41) is 9.12. The van der Waals surface area contributed by atoms with Crippen LogP contribution in [0.2, 0.25) is 0 Å². The van der Waals surface area contributed by atoms with Crippen molar-refractivity contribution in [2.75, 3.05) is 11.9 Å². The molecule has 0 spiro atoms. The molecule has 1 amide bonds. The minimum atomic E-state index is -0.263. The van der Waals surface area contributed by atoms with Gasteiger partial charge in [0.25, 0.3) is 11.5 Å². The minimum Gasteiger partial charge on any atom is -0.484 e. The molecular weight excluding hydrogens is 306 g/mol. The van der Waals surface area contributed by atoms with Crippen molar-refractivity contribution in [2.24, 2.45) is 0 Å². The van der Waals surface area contributed by atoms with E-state index in [1.54, 1.807) is 36.4 Å². The molecule has 1 aromatic heterocycles. The Morgan fingerprint density at radius 3 is 2.62 bits per heavy atom. The van der Waals surface area contributed by atoms with Crippen LogP contribution in [0.1, 0.15) is 0 Å².